The molecule has 1 aliphatic carbocycles. The largest absolute Gasteiger partial charge is 0.445 e. The number of benzene rings is 1. The fourth-order valence-electron chi connectivity index (χ4n) is 2.88. The number of nitrogens with one attached hydrogen (secondary N) is 1. The molecule has 0 heterocycles. The van der Waals surface area contributed by atoms with Gasteiger partial charge in [-0.1, -0.05) is 30.3 Å². The Morgan fingerprint density at radius 3 is 2.57 bits per heavy atom. The van der Waals surface area contributed by atoms with E-state index in [1.54, 1.807) is 0 Å². The maximum absolute atomic E-state index is 11.7. The quantitative estimate of drug-likeness (QED) is 0.876. The lowest BCUT2D eigenvalue weighted by molar-refractivity contribution is 0.0870. The van der Waals surface area contributed by atoms with E-state index in [4.69, 9.17) is 4.74 Å². The second-order valence-corrected chi connectivity index (χ2v) is 5.96. The molecule has 1 atom stereocenters. The Morgan fingerprint density at radius 2 is 1.95 bits per heavy atom. The summed E-state index contributed by atoms with van der Waals surface area (Å²) in [4.78, 5) is 11.7. The van der Waals surface area contributed by atoms with Crippen LogP contribution in [0.2, 0.25) is 0 Å². The van der Waals surface area contributed by atoms with Crippen molar-refractivity contribution in [2.75, 3.05) is 6.54 Å². The molecule has 0 aliphatic heterocycles. The molecule has 2 N–H and O–H groups in total. The Balaban J connectivity index is 1.61. The zero-order valence-corrected chi connectivity index (χ0v) is 12.6. The molecular weight excluding hydrogens is 266 g/mol. The highest BCUT2D eigenvalue weighted by molar-refractivity contribution is 5.67. The maximum Gasteiger partial charge on any atom is 0.407 e. The summed E-state index contributed by atoms with van der Waals surface area (Å²) in [6.45, 7) is 2.84. The van der Waals surface area contributed by atoms with Crippen LogP contribution in [0.4, 0.5) is 4.79 Å². The predicted octanol–water partition coefficient (Wildman–Crippen LogP) is 3.10. The molecule has 1 aromatic rings. The van der Waals surface area contributed by atoms with Crippen molar-refractivity contribution in [2.45, 2.75) is 45.3 Å². The third-order valence-electron chi connectivity index (χ3n) is 4.32. The summed E-state index contributed by atoms with van der Waals surface area (Å²) >= 11 is 0. The molecule has 116 valence electrons. The van der Waals surface area contributed by atoms with Crippen LogP contribution in [0.25, 0.3) is 0 Å². The molecule has 4 nitrogen and oxygen atoms in total. The third kappa shape index (κ3) is 5.38. The molecule has 1 amide bonds. The topological polar surface area (TPSA) is 58.6 Å². The van der Waals surface area contributed by atoms with Gasteiger partial charge in [0, 0.05) is 6.54 Å². The first-order chi connectivity index (χ1) is 10.1. The number of aliphatic hydroxyl groups excluding tert-OH is 1. The van der Waals surface area contributed by atoms with Gasteiger partial charge in [-0.15, -0.1) is 0 Å². The van der Waals surface area contributed by atoms with Gasteiger partial charge in [-0.2, -0.15) is 0 Å². The fourth-order valence-corrected chi connectivity index (χ4v) is 2.88. The Morgan fingerprint density at radius 1 is 1.29 bits per heavy atom. The van der Waals surface area contributed by atoms with Gasteiger partial charge in [-0.25, -0.2) is 4.79 Å². The Bertz CT molecular complexity index is 425. The Labute approximate surface area is 126 Å². The van der Waals surface area contributed by atoms with Gasteiger partial charge in [0.25, 0.3) is 0 Å². The first-order valence-electron chi connectivity index (χ1n) is 7.77. The van der Waals surface area contributed by atoms with Crippen LogP contribution in [-0.2, 0) is 11.3 Å². The van der Waals surface area contributed by atoms with Gasteiger partial charge in [0.1, 0.15) is 6.61 Å². The lowest BCUT2D eigenvalue weighted by Gasteiger charge is -2.30. The summed E-state index contributed by atoms with van der Waals surface area (Å²) in [5.74, 6) is 0.926. The monoisotopic (exact) mass is 291 g/mol. The third-order valence-corrected chi connectivity index (χ3v) is 4.32. The molecule has 1 fully saturated rings. The number of amides is 1. The van der Waals surface area contributed by atoms with E-state index in [0.29, 0.717) is 25.0 Å². The van der Waals surface area contributed by atoms with E-state index in [9.17, 15) is 9.90 Å². The zero-order valence-electron chi connectivity index (χ0n) is 12.6. The minimum atomic E-state index is -0.350. The van der Waals surface area contributed by atoms with Crippen molar-refractivity contribution in [3.63, 3.8) is 0 Å². The molecule has 2 rings (SSSR count). The van der Waals surface area contributed by atoms with E-state index < -0.39 is 0 Å². The van der Waals surface area contributed by atoms with Crippen LogP contribution < -0.4 is 5.32 Å². The number of hydrogen-bond acceptors (Lipinski definition) is 3. The standard InChI is InChI=1S/C17H25NO3/c1-13(19)16-9-7-14(8-10-16)11-18-17(20)21-12-15-5-3-2-4-6-15/h2-6,13-14,16,19H,7-12H2,1H3,(H,18,20)/t13-,14?,16?/m1/s1. The molecule has 0 radical (unpaired) electrons. The lowest BCUT2D eigenvalue weighted by atomic mass is 9.80. The van der Waals surface area contributed by atoms with Gasteiger partial charge in [0.2, 0.25) is 0 Å². The lowest BCUT2D eigenvalue weighted by Crippen LogP contribution is -2.33. The van der Waals surface area contributed by atoms with E-state index in [2.05, 4.69) is 5.32 Å². The van der Waals surface area contributed by atoms with Crippen molar-refractivity contribution in [1.29, 1.82) is 0 Å². The van der Waals surface area contributed by atoms with E-state index in [1.165, 1.54) is 0 Å². The highest BCUT2D eigenvalue weighted by Gasteiger charge is 2.24. The number of rotatable bonds is 5. The van der Waals surface area contributed by atoms with Crippen LogP contribution in [0.3, 0.4) is 0 Å². The van der Waals surface area contributed by atoms with E-state index >= 15 is 0 Å². The molecule has 1 saturated carbocycles. The van der Waals surface area contributed by atoms with Gasteiger partial charge >= 0.3 is 6.09 Å². The number of ether oxygens (including phenoxy) is 1. The molecule has 0 unspecified atom stereocenters. The molecule has 0 spiro atoms. The highest BCUT2D eigenvalue weighted by Crippen LogP contribution is 2.30. The van der Waals surface area contributed by atoms with Gasteiger partial charge in [0.15, 0.2) is 0 Å². The van der Waals surface area contributed by atoms with Gasteiger partial charge in [-0.05, 0) is 50.0 Å². The van der Waals surface area contributed by atoms with Crippen molar-refractivity contribution in [2.24, 2.45) is 11.8 Å². The summed E-state index contributed by atoms with van der Waals surface area (Å²) in [5.41, 5.74) is 0.991. The normalized spacial score (nSPS) is 23.3. The van der Waals surface area contributed by atoms with Gasteiger partial charge < -0.3 is 15.2 Å². The summed E-state index contributed by atoms with van der Waals surface area (Å²) in [5, 5.41) is 12.4. The first kappa shape index (κ1) is 15.8. The van der Waals surface area contributed by atoms with Crippen molar-refractivity contribution < 1.29 is 14.6 Å². The van der Waals surface area contributed by atoms with Crippen molar-refractivity contribution in [1.82, 2.24) is 5.32 Å². The predicted molar refractivity (Wildman–Crippen MR) is 81.8 cm³/mol. The molecule has 1 aliphatic rings. The highest BCUT2D eigenvalue weighted by atomic mass is 16.5. The molecule has 1 aromatic carbocycles. The molecule has 0 bridgehead atoms. The smallest absolute Gasteiger partial charge is 0.407 e. The van der Waals surface area contributed by atoms with Crippen LogP contribution >= 0.6 is 0 Å². The summed E-state index contributed by atoms with van der Waals surface area (Å²) < 4.78 is 5.19. The van der Waals surface area contributed by atoms with Crippen molar-refractivity contribution in [3.8, 4) is 0 Å². The minimum absolute atomic E-state index is 0.213. The fraction of sp³-hybridized carbons (Fsp3) is 0.588. The first-order valence-corrected chi connectivity index (χ1v) is 7.77. The van der Waals surface area contributed by atoms with Crippen LogP contribution in [0.5, 0.6) is 0 Å². The summed E-state index contributed by atoms with van der Waals surface area (Å²) in [7, 11) is 0. The van der Waals surface area contributed by atoms with E-state index in [-0.39, 0.29) is 12.2 Å². The molecule has 0 aromatic heterocycles. The second kappa shape index (κ2) is 8.03. The summed E-state index contributed by atoms with van der Waals surface area (Å²) in [6.07, 6.45) is 3.65. The van der Waals surface area contributed by atoms with Crippen LogP contribution in [0.1, 0.15) is 38.2 Å². The second-order valence-electron chi connectivity index (χ2n) is 5.96. The van der Waals surface area contributed by atoms with Crippen LogP contribution in [0.15, 0.2) is 30.3 Å². The van der Waals surface area contributed by atoms with Gasteiger partial charge in [0.05, 0.1) is 6.10 Å². The Kier molecular flexibility index (Phi) is 6.05. The number of hydrogen-bond donors (Lipinski definition) is 2. The van der Waals surface area contributed by atoms with Crippen molar-refractivity contribution >= 4 is 6.09 Å². The van der Waals surface area contributed by atoms with E-state index in [1.807, 2.05) is 37.3 Å². The van der Waals surface area contributed by atoms with E-state index in [0.717, 1.165) is 31.2 Å². The molecule has 0 saturated heterocycles. The average Bonchev–Trinajstić information content (AvgIpc) is 2.52. The van der Waals surface area contributed by atoms with Crippen LogP contribution in [-0.4, -0.2) is 23.8 Å². The molecule has 4 heteroatoms. The van der Waals surface area contributed by atoms with Crippen LogP contribution in [0, 0.1) is 11.8 Å². The number of carbonyl (C=O) groups excluding carboxylic acids is 1. The minimum Gasteiger partial charge on any atom is -0.445 e. The molecule has 21 heavy (non-hydrogen) atoms. The average molecular weight is 291 g/mol. The number of aliphatic hydroxyl groups is 1. The molecular formula is C17H25NO3. The van der Waals surface area contributed by atoms with Crippen molar-refractivity contribution in [3.05, 3.63) is 35.9 Å². The maximum atomic E-state index is 11.7. The van der Waals surface area contributed by atoms with Gasteiger partial charge in [-0.3, -0.25) is 0 Å². The number of carbonyl (C=O) groups is 1. The zero-order chi connectivity index (χ0) is 15.1. The Hall–Kier alpha value is -1.55. The SMILES string of the molecule is C[C@@H](O)C1CCC(CNC(=O)OCc2ccccc2)CC1. The summed E-state index contributed by atoms with van der Waals surface area (Å²) in [6, 6.07) is 9.66. The number of alkyl carbamates (subject to hydrolysis) is 1.